The highest BCUT2D eigenvalue weighted by Crippen LogP contribution is 2.35. The topological polar surface area (TPSA) is 15.3 Å². The van der Waals surface area contributed by atoms with Crippen molar-refractivity contribution in [3.8, 4) is 0 Å². The van der Waals surface area contributed by atoms with E-state index >= 15 is 0 Å². The lowest BCUT2D eigenvalue weighted by atomic mass is 10.1. The fourth-order valence-electron chi connectivity index (χ4n) is 2.85. The van der Waals surface area contributed by atoms with E-state index < -0.39 is 0 Å². The van der Waals surface area contributed by atoms with Crippen molar-refractivity contribution in [3.63, 3.8) is 0 Å². The van der Waals surface area contributed by atoms with Crippen LogP contribution in [-0.2, 0) is 0 Å². The van der Waals surface area contributed by atoms with Crippen LogP contribution in [-0.4, -0.2) is 25.7 Å². The van der Waals surface area contributed by atoms with E-state index in [1.807, 2.05) is 0 Å². The van der Waals surface area contributed by atoms with Gasteiger partial charge >= 0.3 is 0 Å². The molecule has 1 saturated carbocycles. The van der Waals surface area contributed by atoms with Crippen LogP contribution in [0.3, 0.4) is 0 Å². The molecule has 1 aliphatic heterocycles. The highest BCUT2D eigenvalue weighted by atomic mass is 79.9. The molecule has 1 aliphatic carbocycles. The van der Waals surface area contributed by atoms with Gasteiger partial charge in [-0.15, -0.1) is 0 Å². The van der Waals surface area contributed by atoms with Gasteiger partial charge in [-0.1, -0.05) is 6.07 Å². The maximum atomic E-state index is 3.72. The summed E-state index contributed by atoms with van der Waals surface area (Å²) in [5, 5.41) is 3.72. The van der Waals surface area contributed by atoms with E-state index in [9.17, 15) is 0 Å². The predicted octanol–water partition coefficient (Wildman–Crippen LogP) is 3.34. The standard InChI is InChI=1S/C15H21BrN2/c1-11-3-6-15(13(16)9-11)18-8-2-7-17-14(10-18)12-4-5-12/h3,6,9,12,14,17H,2,4-5,7-8,10H2,1H3. The molecule has 3 heteroatoms. The molecule has 2 aliphatic rings. The Morgan fingerprint density at radius 1 is 1.33 bits per heavy atom. The lowest BCUT2D eigenvalue weighted by molar-refractivity contribution is 0.490. The van der Waals surface area contributed by atoms with Gasteiger partial charge in [0.25, 0.3) is 0 Å². The molecule has 1 heterocycles. The molecular formula is C15H21BrN2. The minimum atomic E-state index is 0.695. The van der Waals surface area contributed by atoms with Gasteiger partial charge in [0.05, 0.1) is 5.69 Å². The van der Waals surface area contributed by atoms with Crippen LogP contribution in [0.5, 0.6) is 0 Å². The molecule has 0 amide bonds. The molecule has 1 aromatic carbocycles. The fraction of sp³-hybridized carbons (Fsp3) is 0.600. The van der Waals surface area contributed by atoms with Crippen molar-refractivity contribution in [1.82, 2.24) is 5.32 Å². The highest BCUT2D eigenvalue weighted by Gasteiger charge is 2.33. The van der Waals surface area contributed by atoms with Crippen molar-refractivity contribution in [1.29, 1.82) is 0 Å². The van der Waals surface area contributed by atoms with E-state index in [2.05, 4.69) is 51.3 Å². The number of rotatable bonds is 2. The van der Waals surface area contributed by atoms with E-state index in [-0.39, 0.29) is 0 Å². The molecule has 0 radical (unpaired) electrons. The molecule has 1 saturated heterocycles. The molecule has 2 fully saturated rings. The van der Waals surface area contributed by atoms with Crippen molar-refractivity contribution < 1.29 is 0 Å². The quantitative estimate of drug-likeness (QED) is 0.901. The molecule has 1 aromatic rings. The molecule has 0 aromatic heterocycles. The summed E-state index contributed by atoms with van der Waals surface area (Å²) in [4.78, 5) is 2.55. The zero-order chi connectivity index (χ0) is 12.5. The largest absolute Gasteiger partial charge is 0.369 e. The van der Waals surface area contributed by atoms with E-state index in [0.717, 1.165) is 19.0 Å². The van der Waals surface area contributed by atoms with E-state index in [0.29, 0.717) is 6.04 Å². The van der Waals surface area contributed by atoms with Crippen molar-refractivity contribution in [2.45, 2.75) is 32.2 Å². The van der Waals surface area contributed by atoms with Gasteiger partial charge in [0, 0.05) is 23.6 Å². The molecule has 98 valence electrons. The first kappa shape index (κ1) is 12.5. The van der Waals surface area contributed by atoms with Crippen LogP contribution < -0.4 is 10.2 Å². The Hall–Kier alpha value is -0.540. The van der Waals surface area contributed by atoms with Gasteiger partial charge in [-0.3, -0.25) is 0 Å². The smallest absolute Gasteiger partial charge is 0.0511 e. The molecule has 0 spiro atoms. The van der Waals surface area contributed by atoms with Crippen molar-refractivity contribution in [3.05, 3.63) is 28.2 Å². The SMILES string of the molecule is Cc1ccc(N2CCCNC(C3CC3)C2)c(Br)c1. The first-order chi connectivity index (χ1) is 8.74. The minimum Gasteiger partial charge on any atom is -0.369 e. The molecule has 1 atom stereocenters. The van der Waals surface area contributed by atoms with Gasteiger partial charge in [0.15, 0.2) is 0 Å². The number of nitrogens with zero attached hydrogens (tertiary/aromatic N) is 1. The molecule has 3 rings (SSSR count). The third-order valence-corrected chi connectivity index (χ3v) is 4.70. The van der Waals surface area contributed by atoms with Gasteiger partial charge in [-0.05, 0) is 72.3 Å². The van der Waals surface area contributed by atoms with Gasteiger partial charge < -0.3 is 10.2 Å². The van der Waals surface area contributed by atoms with Crippen LogP contribution in [0, 0.1) is 12.8 Å². The van der Waals surface area contributed by atoms with Gasteiger partial charge in [-0.25, -0.2) is 0 Å². The molecule has 1 unspecified atom stereocenters. The zero-order valence-corrected chi connectivity index (χ0v) is 12.5. The summed E-state index contributed by atoms with van der Waals surface area (Å²) < 4.78 is 1.24. The molecule has 1 N–H and O–H groups in total. The van der Waals surface area contributed by atoms with Crippen LogP contribution in [0.1, 0.15) is 24.8 Å². The summed E-state index contributed by atoms with van der Waals surface area (Å²) in [6.45, 7) is 5.64. The van der Waals surface area contributed by atoms with Crippen LogP contribution in [0.15, 0.2) is 22.7 Å². The van der Waals surface area contributed by atoms with Crippen LogP contribution >= 0.6 is 15.9 Å². The average Bonchev–Trinajstić information content (AvgIpc) is 3.15. The van der Waals surface area contributed by atoms with Crippen molar-refractivity contribution in [2.24, 2.45) is 5.92 Å². The second-order valence-electron chi connectivity index (χ2n) is 5.65. The molecule has 0 bridgehead atoms. The predicted molar refractivity (Wildman–Crippen MR) is 80.2 cm³/mol. The number of nitrogens with one attached hydrogen (secondary N) is 1. The number of anilines is 1. The average molecular weight is 309 g/mol. The number of hydrogen-bond acceptors (Lipinski definition) is 2. The summed E-state index contributed by atoms with van der Waals surface area (Å²) in [5.74, 6) is 0.926. The Balaban J connectivity index is 1.80. The second-order valence-corrected chi connectivity index (χ2v) is 6.51. The molecule has 18 heavy (non-hydrogen) atoms. The minimum absolute atomic E-state index is 0.695. The summed E-state index contributed by atoms with van der Waals surface area (Å²) in [6.07, 6.45) is 4.07. The second kappa shape index (κ2) is 5.22. The number of halogens is 1. The summed E-state index contributed by atoms with van der Waals surface area (Å²) in [7, 11) is 0. The summed E-state index contributed by atoms with van der Waals surface area (Å²) in [6, 6.07) is 7.39. The summed E-state index contributed by atoms with van der Waals surface area (Å²) in [5.41, 5.74) is 2.67. The Kier molecular flexibility index (Phi) is 3.62. The maximum Gasteiger partial charge on any atom is 0.0511 e. The van der Waals surface area contributed by atoms with Crippen LogP contribution in [0.4, 0.5) is 5.69 Å². The zero-order valence-electron chi connectivity index (χ0n) is 11.0. The maximum absolute atomic E-state index is 3.72. The molecular weight excluding hydrogens is 288 g/mol. The van der Waals surface area contributed by atoms with E-state index in [4.69, 9.17) is 0 Å². The first-order valence-corrected chi connectivity index (χ1v) is 7.78. The Morgan fingerprint density at radius 2 is 2.17 bits per heavy atom. The Labute approximate surface area is 118 Å². The summed E-state index contributed by atoms with van der Waals surface area (Å²) >= 11 is 3.72. The third kappa shape index (κ3) is 2.72. The van der Waals surface area contributed by atoms with E-state index in [1.54, 1.807) is 0 Å². The molecule has 2 nitrogen and oxygen atoms in total. The number of hydrogen-bond donors (Lipinski definition) is 1. The number of aryl methyl sites for hydroxylation is 1. The van der Waals surface area contributed by atoms with Crippen LogP contribution in [0.25, 0.3) is 0 Å². The van der Waals surface area contributed by atoms with Crippen LogP contribution in [0.2, 0.25) is 0 Å². The van der Waals surface area contributed by atoms with Gasteiger partial charge in [0.1, 0.15) is 0 Å². The Morgan fingerprint density at radius 3 is 2.89 bits per heavy atom. The van der Waals surface area contributed by atoms with Crippen molar-refractivity contribution in [2.75, 3.05) is 24.5 Å². The fourth-order valence-corrected chi connectivity index (χ4v) is 3.60. The highest BCUT2D eigenvalue weighted by molar-refractivity contribution is 9.10. The third-order valence-electron chi connectivity index (χ3n) is 4.06. The first-order valence-electron chi connectivity index (χ1n) is 6.98. The number of benzene rings is 1. The van der Waals surface area contributed by atoms with Crippen molar-refractivity contribution >= 4 is 21.6 Å². The normalized spacial score (nSPS) is 25.0. The van der Waals surface area contributed by atoms with E-state index in [1.165, 1.54) is 41.5 Å². The lowest BCUT2D eigenvalue weighted by Crippen LogP contribution is -2.39. The lowest BCUT2D eigenvalue weighted by Gasteiger charge is -2.27. The monoisotopic (exact) mass is 308 g/mol. The van der Waals surface area contributed by atoms with Gasteiger partial charge in [0.2, 0.25) is 0 Å². The Bertz CT molecular complexity index is 429. The van der Waals surface area contributed by atoms with Gasteiger partial charge in [-0.2, -0.15) is 0 Å².